The van der Waals surface area contributed by atoms with Gasteiger partial charge in [-0.3, -0.25) is 4.79 Å². The van der Waals surface area contributed by atoms with Gasteiger partial charge in [-0.05, 0) is 29.8 Å². The Morgan fingerprint density at radius 2 is 1.85 bits per heavy atom. The van der Waals surface area contributed by atoms with E-state index in [4.69, 9.17) is 4.42 Å². The van der Waals surface area contributed by atoms with E-state index in [1.807, 2.05) is 18.2 Å². The summed E-state index contributed by atoms with van der Waals surface area (Å²) in [5.74, 6) is -0.213. The molecule has 2 aromatic carbocycles. The Kier molecular flexibility index (Phi) is 4.49. The van der Waals surface area contributed by atoms with Crippen LogP contribution in [-0.4, -0.2) is 27.2 Å². The zero-order chi connectivity index (χ0) is 18.6. The normalized spacial score (nSPS) is 10.8. The fourth-order valence-corrected chi connectivity index (χ4v) is 2.83. The first-order valence-electron chi connectivity index (χ1n) is 8.45. The van der Waals surface area contributed by atoms with Crippen molar-refractivity contribution in [2.75, 3.05) is 6.54 Å². The highest BCUT2D eigenvalue weighted by Gasteiger charge is 2.11. The molecule has 7 nitrogen and oxygen atoms in total. The van der Waals surface area contributed by atoms with Gasteiger partial charge < -0.3 is 14.3 Å². The molecule has 0 radical (unpaired) electrons. The summed E-state index contributed by atoms with van der Waals surface area (Å²) >= 11 is 0. The van der Waals surface area contributed by atoms with Crippen LogP contribution in [0.3, 0.4) is 0 Å². The SMILES string of the molecule is O=C(NCCn1cnnc1)c1cccc(-c2cc3ccccc3oc2=O)c1. The highest BCUT2D eigenvalue weighted by molar-refractivity contribution is 5.95. The molecule has 2 heterocycles. The molecule has 1 amide bonds. The van der Waals surface area contributed by atoms with Gasteiger partial charge in [-0.2, -0.15) is 0 Å². The number of fused-ring (bicyclic) bond motifs is 1. The minimum absolute atomic E-state index is 0.213. The number of nitrogens with one attached hydrogen (secondary N) is 1. The molecule has 0 unspecified atom stereocenters. The van der Waals surface area contributed by atoms with Gasteiger partial charge in [0.25, 0.3) is 5.91 Å². The third-order valence-electron chi connectivity index (χ3n) is 4.20. The van der Waals surface area contributed by atoms with E-state index in [2.05, 4.69) is 15.5 Å². The van der Waals surface area contributed by atoms with Crippen LogP contribution in [0.4, 0.5) is 0 Å². The highest BCUT2D eigenvalue weighted by atomic mass is 16.4. The summed E-state index contributed by atoms with van der Waals surface area (Å²) in [7, 11) is 0. The van der Waals surface area contributed by atoms with Crippen molar-refractivity contribution >= 4 is 16.9 Å². The fourth-order valence-electron chi connectivity index (χ4n) is 2.83. The number of benzene rings is 2. The first-order valence-corrected chi connectivity index (χ1v) is 8.45. The number of aromatic nitrogens is 3. The minimum atomic E-state index is -0.432. The lowest BCUT2D eigenvalue weighted by Crippen LogP contribution is -2.27. The molecule has 4 rings (SSSR count). The number of rotatable bonds is 5. The maximum absolute atomic E-state index is 12.4. The average Bonchev–Trinajstić information content (AvgIpc) is 3.21. The number of carbonyl (C=O) groups excluding carboxylic acids is 1. The van der Waals surface area contributed by atoms with E-state index in [1.165, 1.54) is 0 Å². The molecule has 4 aromatic rings. The summed E-state index contributed by atoms with van der Waals surface area (Å²) in [6, 6.07) is 16.0. The lowest BCUT2D eigenvalue weighted by Gasteiger charge is -2.07. The van der Waals surface area contributed by atoms with E-state index in [-0.39, 0.29) is 5.91 Å². The Morgan fingerprint density at radius 1 is 1.04 bits per heavy atom. The van der Waals surface area contributed by atoms with Crippen LogP contribution in [0.1, 0.15) is 10.4 Å². The van der Waals surface area contributed by atoms with Crippen LogP contribution in [0.5, 0.6) is 0 Å². The van der Waals surface area contributed by atoms with E-state index < -0.39 is 5.63 Å². The Hall–Kier alpha value is -3.74. The number of carbonyl (C=O) groups is 1. The van der Waals surface area contributed by atoms with Crippen molar-refractivity contribution in [2.45, 2.75) is 6.54 Å². The summed E-state index contributed by atoms with van der Waals surface area (Å²) in [6.07, 6.45) is 3.18. The first-order chi connectivity index (χ1) is 13.2. The Bertz CT molecular complexity index is 1150. The monoisotopic (exact) mass is 360 g/mol. The second-order valence-electron chi connectivity index (χ2n) is 6.02. The summed E-state index contributed by atoms with van der Waals surface area (Å²) < 4.78 is 7.16. The lowest BCUT2D eigenvalue weighted by molar-refractivity contribution is 0.0952. The molecular formula is C20H16N4O3. The van der Waals surface area contributed by atoms with Crippen LogP contribution < -0.4 is 10.9 Å². The van der Waals surface area contributed by atoms with Crippen LogP contribution in [0, 0.1) is 0 Å². The van der Waals surface area contributed by atoms with Crippen LogP contribution >= 0.6 is 0 Å². The smallest absolute Gasteiger partial charge is 0.344 e. The van der Waals surface area contributed by atoms with Crippen molar-refractivity contribution in [3.05, 3.63) is 83.2 Å². The second kappa shape index (κ2) is 7.25. The lowest BCUT2D eigenvalue weighted by atomic mass is 10.0. The van der Waals surface area contributed by atoms with E-state index in [0.717, 1.165) is 5.39 Å². The zero-order valence-electron chi connectivity index (χ0n) is 14.3. The Morgan fingerprint density at radius 3 is 2.70 bits per heavy atom. The summed E-state index contributed by atoms with van der Waals surface area (Å²) in [6.45, 7) is 1.02. The molecule has 2 aromatic heterocycles. The summed E-state index contributed by atoms with van der Waals surface area (Å²) in [5, 5.41) is 11.1. The van der Waals surface area contributed by atoms with Gasteiger partial charge >= 0.3 is 5.63 Å². The molecule has 0 aliphatic heterocycles. The number of para-hydroxylation sites is 1. The molecule has 0 saturated heterocycles. The fraction of sp³-hybridized carbons (Fsp3) is 0.100. The molecular weight excluding hydrogens is 344 g/mol. The van der Waals surface area contributed by atoms with E-state index in [1.54, 1.807) is 53.6 Å². The van der Waals surface area contributed by atoms with E-state index in [9.17, 15) is 9.59 Å². The van der Waals surface area contributed by atoms with Gasteiger partial charge in [-0.15, -0.1) is 10.2 Å². The average molecular weight is 360 g/mol. The maximum Gasteiger partial charge on any atom is 0.344 e. The van der Waals surface area contributed by atoms with E-state index >= 15 is 0 Å². The molecule has 0 atom stereocenters. The molecule has 1 N–H and O–H groups in total. The number of hydrogen-bond donors (Lipinski definition) is 1. The predicted octanol–water partition coefficient (Wildman–Crippen LogP) is 2.48. The highest BCUT2D eigenvalue weighted by Crippen LogP contribution is 2.21. The summed E-state index contributed by atoms with van der Waals surface area (Å²) in [4.78, 5) is 24.7. The Labute approximate surface area is 154 Å². The van der Waals surface area contributed by atoms with Gasteiger partial charge in [0, 0.05) is 24.0 Å². The molecule has 0 aliphatic carbocycles. The third-order valence-corrected chi connectivity index (χ3v) is 4.20. The molecule has 0 bridgehead atoms. The second-order valence-corrected chi connectivity index (χ2v) is 6.02. The molecule has 27 heavy (non-hydrogen) atoms. The van der Waals surface area contributed by atoms with Crippen LogP contribution in [-0.2, 0) is 6.54 Å². The van der Waals surface area contributed by atoms with Crippen LogP contribution in [0.2, 0.25) is 0 Å². The molecule has 7 heteroatoms. The minimum Gasteiger partial charge on any atom is -0.422 e. The van der Waals surface area contributed by atoms with Crippen molar-refractivity contribution in [2.24, 2.45) is 0 Å². The number of amides is 1. The van der Waals surface area contributed by atoms with Crippen molar-refractivity contribution in [3.63, 3.8) is 0 Å². The summed E-state index contributed by atoms with van der Waals surface area (Å²) in [5.41, 5.74) is 1.64. The van der Waals surface area contributed by atoms with Gasteiger partial charge in [0.1, 0.15) is 18.2 Å². The molecule has 0 saturated carbocycles. The largest absolute Gasteiger partial charge is 0.422 e. The van der Waals surface area contributed by atoms with Gasteiger partial charge in [0.2, 0.25) is 0 Å². The van der Waals surface area contributed by atoms with Crippen LogP contribution in [0.25, 0.3) is 22.1 Å². The van der Waals surface area contributed by atoms with Crippen LogP contribution in [0.15, 0.2) is 76.5 Å². The van der Waals surface area contributed by atoms with Gasteiger partial charge in [-0.25, -0.2) is 4.79 Å². The van der Waals surface area contributed by atoms with Crippen molar-refractivity contribution < 1.29 is 9.21 Å². The molecule has 134 valence electrons. The molecule has 0 aliphatic rings. The number of nitrogens with zero attached hydrogens (tertiary/aromatic N) is 3. The molecule has 0 spiro atoms. The number of hydrogen-bond acceptors (Lipinski definition) is 5. The van der Waals surface area contributed by atoms with Crippen molar-refractivity contribution in [1.82, 2.24) is 20.1 Å². The Balaban J connectivity index is 1.56. The van der Waals surface area contributed by atoms with Gasteiger partial charge in [-0.1, -0.05) is 30.3 Å². The topological polar surface area (TPSA) is 90.0 Å². The van der Waals surface area contributed by atoms with E-state index in [0.29, 0.717) is 35.4 Å². The standard InChI is InChI=1S/C20H16N4O3/c25-19(21-8-9-24-12-22-23-13-24)16-6-3-5-14(10-16)17-11-15-4-1-2-7-18(15)27-20(17)26/h1-7,10-13H,8-9H2,(H,21,25). The van der Waals surface area contributed by atoms with Crippen molar-refractivity contribution in [1.29, 1.82) is 0 Å². The first kappa shape index (κ1) is 16.7. The third kappa shape index (κ3) is 3.62. The quantitative estimate of drug-likeness (QED) is 0.552. The maximum atomic E-state index is 12.4. The van der Waals surface area contributed by atoms with Crippen molar-refractivity contribution in [3.8, 4) is 11.1 Å². The van der Waals surface area contributed by atoms with Gasteiger partial charge in [0.05, 0.1) is 5.56 Å². The zero-order valence-corrected chi connectivity index (χ0v) is 14.3. The predicted molar refractivity (Wildman–Crippen MR) is 100 cm³/mol. The molecule has 0 fully saturated rings. The van der Waals surface area contributed by atoms with Gasteiger partial charge in [0.15, 0.2) is 0 Å².